The smallest absolute Gasteiger partial charge is 0.301 e. The highest BCUT2D eigenvalue weighted by molar-refractivity contribution is 7.15. The van der Waals surface area contributed by atoms with E-state index in [0.29, 0.717) is 33.4 Å². The van der Waals surface area contributed by atoms with E-state index in [9.17, 15) is 18.0 Å². The minimum absolute atomic E-state index is 0.289. The highest BCUT2D eigenvalue weighted by Crippen LogP contribution is 2.36. The number of carbonyl (C=O) groups is 1. The number of hydrogen-bond acceptors (Lipinski definition) is 6. The predicted octanol–water partition coefficient (Wildman–Crippen LogP) is 6.12. The first kappa shape index (κ1) is 24.3. The van der Waals surface area contributed by atoms with Gasteiger partial charge in [-0.25, -0.2) is 4.98 Å². The molecule has 2 heterocycles. The number of aryl methyl sites for hydroxylation is 1. The highest BCUT2D eigenvalue weighted by Gasteiger charge is 2.30. The Morgan fingerprint density at radius 3 is 2.59 bits per heavy atom. The van der Waals surface area contributed by atoms with Crippen LogP contribution in [-0.4, -0.2) is 39.3 Å². The van der Waals surface area contributed by atoms with Gasteiger partial charge in [0.1, 0.15) is 5.82 Å². The van der Waals surface area contributed by atoms with Gasteiger partial charge in [0.05, 0.1) is 11.1 Å². The van der Waals surface area contributed by atoms with Gasteiger partial charge in [-0.2, -0.15) is 17.5 Å². The van der Waals surface area contributed by atoms with Gasteiger partial charge < -0.3 is 4.90 Å². The Morgan fingerprint density at radius 1 is 1.22 bits per heavy atom. The van der Waals surface area contributed by atoms with Crippen molar-refractivity contribution >= 4 is 33.9 Å². The molecule has 0 aliphatic heterocycles. The van der Waals surface area contributed by atoms with Crippen molar-refractivity contribution in [2.75, 3.05) is 18.4 Å². The van der Waals surface area contributed by atoms with Crippen LogP contribution < -0.4 is 5.32 Å². The lowest BCUT2D eigenvalue weighted by Gasteiger charge is -2.25. The minimum atomic E-state index is -4.42. The van der Waals surface area contributed by atoms with Crippen molar-refractivity contribution in [2.45, 2.75) is 46.3 Å². The number of nitrogens with one attached hydrogen (secondary N) is 1. The topological polar surface area (TPSA) is 58.1 Å². The van der Waals surface area contributed by atoms with E-state index in [4.69, 9.17) is 0 Å². The monoisotopic (exact) mass is 482 g/mol. The fraction of sp³-hybridized carbons (Fsp3) is 0.409. The van der Waals surface area contributed by atoms with Crippen LogP contribution in [0.1, 0.15) is 47.4 Å². The minimum Gasteiger partial charge on any atom is -0.301 e. The van der Waals surface area contributed by atoms with Crippen molar-refractivity contribution in [1.82, 2.24) is 14.3 Å². The van der Waals surface area contributed by atoms with Gasteiger partial charge in [-0.05, 0) is 50.7 Å². The third-order valence-corrected chi connectivity index (χ3v) is 7.01. The van der Waals surface area contributed by atoms with Gasteiger partial charge in [0.2, 0.25) is 5.13 Å². The molecule has 2 aromatic heterocycles. The van der Waals surface area contributed by atoms with Gasteiger partial charge in [-0.15, -0.1) is 11.3 Å². The zero-order valence-corrected chi connectivity index (χ0v) is 19.9. The van der Waals surface area contributed by atoms with E-state index in [0.717, 1.165) is 41.6 Å². The van der Waals surface area contributed by atoms with Crippen molar-refractivity contribution in [3.05, 3.63) is 52.2 Å². The van der Waals surface area contributed by atoms with Crippen molar-refractivity contribution in [3.8, 4) is 10.4 Å². The lowest BCUT2D eigenvalue weighted by atomic mass is 10.1. The van der Waals surface area contributed by atoms with E-state index >= 15 is 0 Å². The van der Waals surface area contributed by atoms with Crippen LogP contribution in [0, 0.1) is 6.92 Å². The second-order valence-electron chi connectivity index (χ2n) is 7.40. The fourth-order valence-corrected chi connectivity index (χ4v) is 5.10. The molecule has 0 saturated carbocycles. The first-order chi connectivity index (χ1) is 15.1. The fourth-order valence-electron chi connectivity index (χ4n) is 3.49. The van der Waals surface area contributed by atoms with Crippen LogP contribution in [0.25, 0.3) is 10.4 Å². The molecule has 1 N–H and O–H groups in total. The lowest BCUT2D eigenvalue weighted by Crippen LogP contribution is -2.34. The molecule has 1 atom stereocenters. The third kappa shape index (κ3) is 5.73. The summed E-state index contributed by atoms with van der Waals surface area (Å²) in [6, 6.07) is 7.02. The summed E-state index contributed by atoms with van der Waals surface area (Å²) in [6.07, 6.45) is -3.73. The van der Waals surface area contributed by atoms with E-state index in [1.807, 2.05) is 0 Å². The van der Waals surface area contributed by atoms with Crippen molar-refractivity contribution < 1.29 is 18.0 Å². The Kier molecular flexibility index (Phi) is 7.68. The van der Waals surface area contributed by atoms with Crippen LogP contribution in [-0.2, 0) is 12.6 Å². The number of rotatable bonds is 8. The van der Waals surface area contributed by atoms with Crippen LogP contribution >= 0.6 is 22.9 Å². The molecule has 5 nitrogen and oxygen atoms in total. The Hall–Kier alpha value is -2.30. The molecular weight excluding hydrogens is 457 g/mol. The number of thiophene rings is 1. The van der Waals surface area contributed by atoms with Crippen LogP contribution in [0.3, 0.4) is 0 Å². The maximum absolute atomic E-state index is 13.0. The van der Waals surface area contributed by atoms with E-state index in [-0.39, 0.29) is 11.9 Å². The lowest BCUT2D eigenvalue weighted by molar-refractivity contribution is -0.137. The molecule has 3 aromatic rings. The van der Waals surface area contributed by atoms with Crippen LogP contribution in [0.5, 0.6) is 0 Å². The molecular formula is C22H25F3N4OS2. The Morgan fingerprint density at radius 2 is 1.94 bits per heavy atom. The number of halogens is 3. The SMILES string of the molecule is CCN(CC)C(C)Cc1nsc(NC(=O)c2cc(-c3cccc(C(F)(F)F)c3)sc2C)n1. The average Bonchev–Trinajstić information content (AvgIpc) is 3.34. The maximum Gasteiger partial charge on any atom is 0.416 e. The molecule has 0 radical (unpaired) electrons. The summed E-state index contributed by atoms with van der Waals surface area (Å²) in [6.45, 7) is 9.99. The van der Waals surface area contributed by atoms with Gasteiger partial charge in [0.25, 0.3) is 5.91 Å². The van der Waals surface area contributed by atoms with Gasteiger partial charge >= 0.3 is 6.18 Å². The number of nitrogens with zero attached hydrogens (tertiary/aromatic N) is 3. The van der Waals surface area contributed by atoms with E-state index in [2.05, 4.69) is 40.3 Å². The highest BCUT2D eigenvalue weighted by atomic mass is 32.1. The van der Waals surface area contributed by atoms with Crippen LogP contribution in [0.4, 0.5) is 18.3 Å². The van der Waals surface area contributed by atoms with Gasteiger partial charge in [-0.3, -0.25) is 10.1 Å². The van der Waals surface area contributed by atoms with Crippen molar-refractivity contribution in [1.29, 1.82) is 0 Å². The molecule has 172 valence electrons. The molecule has 0 aliphatic rings. The zero-order valence-electron chi connectivity index (χ0n) is 18.3. The van der Waals surface area contributed by atoms with Crippen LogP contribution in [0.15, 0.2) is 30.3 Å². The van der Waals surface area contributed by atoms with E-state index in [1.165, 1.54) is 17.4 Å². The number of aromatic nitrogens is 2. The number of benzene rings is 1. The maximum atomic E-state index is 13.0. The van der Waals surface area contributed by atoms with Crippen LogP contribution in [0.2, 0.25) is 0 Å². The Labute approximate surface area is 193 Å². The molecule has 0 aliphatic carbocycles. The molecule has 10 heteroatoms. The largest absolute Gasteiger partial charge is 0.416 e. The molecule has 3 rings (SSSR count). The number of likely N-dealkylation sites (N-methyl/N-ethyl adjacent to an activating group) is 1. The van der Waals surface area contributed by atoms with Gasteiger partial charge in [-0.1, -0.05) is 26.0 Å². The van der Waals surface area contributed by atoms with Crippen molar-refractivity contribution in [3.63, 3.8) is 0 Å². The molecule has 0 spiro atoms. The Bertz CT molecular complexity index is 1070. The molecule has 32 heavy (non-hydrogen) atoms. The van der Waals surface area contributed by atoms with Gasteiger partial charge in [0.15, 0.2) is 0 Å². The van der Waals surface area contributed by atoms with E-state index in [1.54, 1.807) is 19.1 Å². The molecule has 0 saturated heterocycles. The second-order valence-corrected chi connectivity index (χ2v) is 9.41. The summed E-state index contributed by atoms with van der Waals surface area (Å²) in [5.41, 5.74) is 0.124. The number of anilines is 1. The summed E-state index contributed by atoms with van der Waals surface area (Å²) < 4.78 is 43.4. The third-order valence-electron chi connectivity index (χ3n) is 5.24. The molecule has 1 unspecified atom stereocenters. The summed E-state index contributed by atoms with van der Waals surface area (Å²) >= 11 is 2.40. The summed E-state index contributed by atoms with van der Waals surface area (Å²) in [5, 5.41) is 3.17. The number of carbonyl (C=O) groups excluding carboxylic acids is 1. The Balaban J connectivity index is 1.72. The average molecular weight is 483 g/mol. The summed E-state index contributed by atoms with van der Waals surface area (Å²) in [4.78, 5) is 20.8. The quantitative estimate of drug-likeness (QED) is 0.420. The zero-order chi connectivity index (χ0) is 23.5. The molecule has 1 aromatic carbocycles. The predicted molar refractivity (Wildman–Crippen MR) is 123 cm³/mol. The number of amides is 1. The standard InChI is InChI=1S/C22H25F3N4OS2/c1-5-29(6-2)13(3)10-19-26-21(32-28-19)27-20(30)17-12-18(31-14(17)4)15-8-7-9-16(11-15)22(23,24)25/h7-9,11-13H,5-6,10H2,1-4H3,(H,26,27,28,30). The molecule has 1 amide bonds. The normalized spacial score (nSPS) is 12.9. The van der Waals surface area contributed by atoms with Gasteiger partial charge in [0, 0.05) is 33.7 Å². The van der Waals surface area contributed by atoms with E-state index < -0.39 is 11.7 Å². The molecule has 0 bridgehead atoms. The second kappa shape index (κ2) is 10.1. The summed E-state index contributed by atoms with van der Waals surface area (Å²) in [5.74, 6) is 0.327. The summed E-state index contributed by atoms with van der Waals surface area (Å²) in [7, 11) is 0. The first-order valence-corrected chi connectivity index (χ1v) is 11.9. The number of hydrogen-bond donors (Lipinski definition) is 1. The van der Waals surface area contributed by atoms with Crippen molar-refractivity contribution in [2.24, 2.45) is 0 Å². The molecule has 0 fully saturated rings. The first-order valence-electron chi connectivity index (χ1n) is 10.3. The number of alkyl halides is 3.